The van der Waals surface area contributed by atoms with Crippen LogP contribution < -0.4 is 0 Å². The zero-order valence-corrected chi connectivity index (χ0v) is 32.0. The van der Waals surface area contributed by atoms with Crippen molar-refractivity contribution in [3.8, 4) is 34.0 Å². The average Bonchev–Trinajstić information content (AvgIpc) is 3.52. The molecule has 0 saturated carbocycles. The van der Waals surface area contributed by atoms with Crippen molar-refractivity contribution in [2.24, 2.45) is 4.99 Å². The van der Waals surface area contributed by atoms with Crippen molar-refractivity contribution < 1.29 is 0 Å². The van der Waals surface area contributed by atoms with Gasteiger partial charge in [0.15, 0.2) is 5.82 Å². The Morgan fingerprint density at radius 3 is 2.18 bits per heavy atom. The zero-order chi connectivity index (χ0) is 38.0. The van der Waals surface area contributed by atoms with Crippen molar-refractivity contribution in [2.75, 3.05) is 0 Å². The molecule has 0 saturated heterocycles. The van der Waals surface area contributed by atoms with E-state index in [1.165, 1.54) is 11.1 Å². The number of aromatic nitrogens is 4. The summed E-state index contributed by atoms with van der Waals surface area (Å²) >= 11 is 0. The maximum Gasteiger partial charge on any atom is 0.160 e. The van der Waals surface area contributed by atoms with E-state index < -0.39 is 0 Å². The van der Waals surface area contributed by atoms with Crippen LogP contribution in [-0.4, -0.2) is 25.6 Å². The molecular weight excluding hydrogens is 671 g/mol. The van der Waals surface area contributed by atoms with Gasteiger partial charge in [-0.25, -0.2) is 15.0 Å². The Bertz CT molecular complexity index is 2300. The zero-order valence-electron chi connectivity index (χ0n) is 32.0. The van der Waals surface area contributed by atoms with E-state index in [4.69, 9.17) is 15.0 Å². The van der Waals surface area contributed by atoms with E-state index in [2.05, 4.69) is 122 Å². The van der Waals surface area contributed by atoms with Gasteiger partial charge in [-0.05, 0) is 103 Å². The molecular formula is C50H47N5. The maximum absolute atomic E-state index is 5.16. The molecule has 5 heteroatoms. The van der Waals surface area contributed by atoms with Gasteiger partial charge in [0.05, 0.1) is 34.2 Å². The molecule has 2 aromatic carbocycles. The van der Waals surface area contributed by atoms with Crippen molar-refractivity contribution >= 4 is 11.3 Å². The normalized spacial score (nSPS) is 14.9. The number of allylic oxidation sites excluding steroid dienone is 12. The molecule has 7 rings (SSSR count). The largest absolute Gasteiger partial charge is 0.257 e. The Kier molecular flexibility index (Phi) is 11.6. The molecule has 5 aromatic rings. The van der Waals surface area contributed by atoms with Crippen LogP contribution in [0.25, 0.3) is 39.6 Å². The molecule has 3 aromatic heterocycles. The van der Waals surface area contributed by atoms with Gasteiger partial charge >= 0.3 is 0 Å². The van der Waals surface area contributed by atoms with E-state index in [1.807, 2.05) is 66.9 Å². The van der Waals surface area contributed by atoms with Gasteiger partial charge in [-0.1, -0.05) is 130 Å². The second kappa shape index (κ2) is 17.2. The van der Waals surface area contributed by atoms with Crippen molar-refractivity contribution in [3.05, 3.63) is 198 Å². The van der Waals surface area contributed by atoms with Gasteiger partial charge in [0, 0.05) is 28.9 Å². The van der Waals surface area contributed by atoms with Gasteiger partial charge in [0.25, 0.3) is 0 Å². The van der Waals surface area contributed by atoms with Crippen molar-refractivity contribution in [1.29, 1.82) is 0 Å². The standard InChI is InChI=1S/C50H47N5/c1-5-50(6-2,43-30-27-41(28-31-43)49-54-47(40-20-11-8-12-21-40)35-48(55-49)45-25-14-16-33-52-45)42-23-17-22-38(26-29-42)37(4)53-46(39-18-9-7-10-19-39)34-36(3)44-24-13-15-32-51-44/h8-9,11-21,23-35H,4-7,10,22H2,1-3H3/b36-34+,53-46+. The lowest BCUT2D eigenvalue weighted by molar-refractivity contribution is 0.477. The third-order valence-corrected chi connectivity index (χ3v) is 10.6. The van der Waals surface area contributed by atoms with Gasteiger partial charge in [-0.15, -0.1) is 0 Å². The summed E-state index contributed by atoms with van der Waals surface area (Å²) in [7, 11) is 0. The summed E-state index contributed by atoms with van der Waals surface area (Å²) in [5.41, 5.74) is 12.8. The fourth-order valence-electron chi connectivity index (χ4n) is 7.39. The smallest absolute Gasteiger partial charge is 0.160 e. The summed E-state index contributed by atoms with van der Waals surface area (Å²) in [6.07, 6.45) is 26.2. The summed E-state index contributed by atoms with van der Waals surface area (Å²) in [5.74, 6) is 0.677. The highest BCUT2D eigenvalue weighted by atomic mass is 14.9. The number of benzene rings is 2. The molecule has 0 bridgehead atoms. The number of rotatable bonds is 12. The highest BCUT2D eigenvalue weighted by Crippen LogP contribution is 2.41. The first-order valence-corrected chi connectivity index (χ1v) is 19.3. The minimum Gasteiger partial charge on any atom is -0.257 e. The average molecular weight is 718 g/mol. The molecule has 0 spiro atoms. The molecule has 0 radical (unpaired) electrons. The van der Waals surface area contributed by atoms with Gasteiger partial charge in [0.1, 0.15) is 0 Å². The monoisotopic (exact) mass is 717 g/mol. The first kappa shape index (κ1) is 37.0. The minimum atomic E-state index is -0.178. The lowest BCUT2D eigenvalue weighted by Gasteiger charge is -2.34. The van der Waals surface area contributed by atoms with Gasteiger partial charge in [-0.2, -0.15) is 0 Å². The highest BCUT2D eigenvalue weighted by molar-refractivity contribution is 6.14. The number of nitrogens with zero attached hydrogens (tertiary/aromatic N) is 5. The van der Waals surface area contributed by atoms with E-state index >= 15 is 0 Å². The van der Waals surface area contributed by atoms with Crippen LogP contribution >= 0.6 is 0 Å². The van der Waals surface area contributed by atoms with Crippen LogP contribution in [0, 0.1) is 0 Å². The van der Waals surface area contributed by atoms with E-state index in [0.29, 0.717) is 5.82 Å². The third-order valence-electron chi connectivity index (χ3n) is 10.6. The lowest BCUT2D eigenvalue weighted by Crippen LogP contribution is -2.26. The quantitative estimate of drug-likeness (QED) is 0.121. The molecule has 2 aliphatic carbocycles. The van der Waals surface area contributed by atoms with Crippen LogP contribution in [0.5, 0.6) is 0 Å². The van der Waals surface area contributed by atoms with Crippen LogP contribution in [0.1, 0.15) is 64.1 Å². The molecule has 3 heterocycles. The Hall–Kier alpha value is -6.33. The van der Waals surface area contributed by atoms with Crippen LogP contribution in [0.15, 0.2) is 192 Å². The predicted octanol–water partition coefficient (Wildman–Crippen LogP) is 12.5. The first-order valence-electron chi connectivity index (χ1n) is 19.3. The SMILES string of the molecule is C=C(/N=C(\C=C(/C)c1ccccn1)C1=CCCC=C1)C1=CC=C(C(CC)(CC)c2ccc(-c3nc(-c4ccccc4)cc(-c4ccccn4)n3)cc2)C=CC1. The van der Waals surface area contributed by atoms with Crippen LogP contribution in [0.3, 0.4) is 0 Å². The molecule has 0 unspecified atom stereocenters. The van der Waals surface area contributed by atoms with Crippen molar-refractivity contribution in [1.82, 2.24) is 19.9 Å². The Balaban J connectivity index is 1.20. The van der Waals surface area contributed by atoms with Crippen LogP contribution in [0.4, 0.5) is 0 Å². The molecule has 5 nitrogen and oxygen atoms in total. The van der Waals surface area contributed by atoms with E-state index in [9.17, 15) is 0 Å². The highest BCUT2D eigenvalue weighted by Gasteiger charge is 2.32. The molecule has 0 N–H and O–H groups in total. The summed E-state index contributed by atoms with van der Waals surface area (Å²) in [6.45, 7) is 11.1. The van der Waals surface area contributed by atoms with E-state index in [-0.39, 0.29) is 5.41 Å². The first-order chi connectivity index (χ1) is 27.0. The molecule has 0 amide bonds. The molecule has 272 valence electrons. The summed E-state index contributed by atoms with van der Waals surface area (Å²) in [6, 6.07) is 33.0. The Labute approximate surface area is 325 Å². The summed E-state index contributed by atoms with van der Waals surface area (Å²) < 4.78 is 0. The van der Waals surface area contributed by atoms with Gasteiger partial charge in [0.2, 0.25) is 0 Å². The molecule has 0 atom stereocenters. The Morgan fingerprint density at radius 2 is 1.49 bits per heavy atom. The number of hydrogen-bond donors (Lipinski definition) is 0. The minimum absolute atomic E-state index is 0.178. The maximum atomic E-state index is 5.16. The summed E-state index contributed by atoms with van der Waals surface area (Å²) in [5, 5.41) is 0. The van der Waals surface area contributed by atoms with Crippen molar-refractivity contribution in [2.45, 2.75) is 58.3 Å². The molecule has 55 heavy (non-hydrogen) atoms. The lowest BCUT2D eigenvalue weighted by atomic mass is 9.69. The number of aliphatic imine (C=N–C) groups is 1. The molecule has 0 fully saturated rings. The molecule has 2 aliphatic rings. The van der Waals surface area contributed by atoms with Crippen LogP contribution in [-0.2, 0) is 5.41 Å². The van der Waals surface area contributed by atoms with Gasteiger partial charge < -0.3 is 0 Å². The van der Waals surface area contributed by atoms with Crippen LogP contribution in [0.2, 0.25) is 0 Å². The van der Waals surface area contributed by atoms with Crippen molar-refractivity contribution in [3.63, 3.8) is 0 Å². The number of pyridine rings is 2. The Morgan fingerprint density at radius 1 is 0.745 bits per heavy atom. The third kappa shape index (κ3) is 8.42. The fourth-order valence-corrected chi connectivity index (χ4v) is 7.39. The predicted molar refractivity (Wildman–Crippen MR) is 229 cm³/mol. The molecule has 0 aliphatic heterocycles. The fraction of sp³-hybridized carbons (Fsp3) is 0.180. The van der Waals surface area contributed by atoms with Gasteiger partial charge in [-0.3, -0.25) is 9.97 Å². The topological polar surface area (TPSA) is 63.9 Å². The second-order valence-corrected chi connectivity index (χ2v) is 14.0. The van der Waals surface area contributed by atoms with E-state index in [1.54, 1.807) is 6.20 Å². The van der Waals surface area contributed by atoms with E-state index in [0.717, 1.165) is 94.1 Å². The summed E-state index contributed by atoms with van der Waals surface area (Å²) in [4.78, 5) is 24.3. The number of hydrogen-bond acceptors (Lipinski definition) is 5. The second-order valence-electron chi connectivity index (χ2n) is 14.0.